The fourth-order valence-electron chi connectivity index (χ4n) is 1.88. The lowest BCUT2D eigenvalue weighted by Gasteiger charge is -2.05. The van der Waals surface area contributed by atoms with E-state index in [0.29, 0.717) is 5.75 Å². The number of aromatic nitrogens is 2. The van der Waals surface area contributed by atoms with Gasteiger partial charge in [0.2, 0.25) is 5.91 Å². The fourth-order valence-corrected chi connectivity index (χ4v) is 2.95. The van der Waals surface area contributed by atoms with E-state index in [1.54, 1.807) is 0 Å². The van der Waals surface area contributed by atoms with Crippen LogP contribution in [0.3, 0.4) is 0 Å². The van der Waals surface area contributed by atoms with Gasteiger partial charge in [-0.15, -0.1) is 0 Å². The molecular weight excluding hydrogens is 350 g/mol. The minimum atomic E-state index is -0.0626. The van der Waals surface area contributed by atoms with Gasteiger partial charge in [-0.3, -0.25) is 4.79 Å². The van der Waals surface area contributed by atoms with Crippen LogP contribution in [0.1, 0.15) is 0 Å². The van der Waals surface area contributed by atoms with Gasteiger partial charge in [-0.05, 0) is 40.2 Å². The quantitative estimate of drug-likeness (QED) is 0.689. The highest BCUT2D eigenvalue weighted by Crippen LogP contribution is 2.23. The Kier molecular flexibility index (Phi) is 4.26. The molecule has 0 aliphatic heterocycles. The predicted octanol–water partition coefficient (Wildman–Crippen LogP) is 4.06. The molecule has 0 saturated heterocycles. The Morgan fingerprint density at radius 1 is 1.19 bits per heavy atom. The van der Waals surface area contributed by atoms with Gasteiger partial charge < -0.3 is 10.3 Å². The normalized spacial score (nSPS) is 10.7. The lowest BCUT2D eigenvalue weighted by atomic mass is 10.3. The average molecular weight is 362 g/mol. The van der Waals surface area contributed by atoms with Gasteiger partial charge in [-0.1, -0.05) is 36.0 Å². The van der Waals surface area contributed by atoms with Crippen molar-refractivity contribution in [2.24, 2.45) is 0 Å². The number of carbonyl (C=O) groups excluding carboxylic acids is 1. The van der Waals surface area contributed by atoms with Crippen molar-refractivity contribution in [3.05, 3.63) is 53.0 Å². The number of thioether (sulfide) groups is 1. The van der Waals surface area contributed by atoms with Crippen molar-refractivity contribution in [1.29, 1.82) is 0 Å². The van der Waals surface area contributed by atoms with Crippen LogP contribution in [0.2, 0.25) is 0 Å². The van der Waals surface area contributed by atoms with Gasteiger partial charge >= 0.3 is 0 Å². The Balaban J connectivity index is 1.62. The van der Waals surface area contributed by atoms with Crippen molar-refractivity contribution in [1.82, 2.24) is 9.97 Å². The summed E-state index contributed by atoms with van der Waals surface area (Å²) in [5.74, 6) is 0.244. The number of rotatable bonds is 4. The van der Waals surface area contributed by atoms with Gasteiger partial charge in [-0.2, -0.15) is 0 Å². The molecule has 0 fully saturated rings. The van der Waals surface area contributed by atoms with Crippen LogP contribution in [-0.2, 0) is 4.79 Å². The summed E-state index contributed by atoms with van der Waals surface area (Å²) in [7, 11) is 0. The zero-order chi connectivity index (χ0) is 14.7. The highest BCUT2D eigenvalue weighted by Gasteiger charge is 2.08. The maximum absolute atomic E-state index is 12.0. The number of hydrogen-bond acceptors (Lipinski definition) is 3. The number of benzene rings is 2. The SMILES string of the molecule is O=C(CSc1nc2ccccc2[nH]1)Nc1ccccc1Br. The third-order valence-electron chi connectivity index (χ3n) is 2.86. The number of imidazole rings is 1. The number of halogens is 1. The topological polar surface area (TPSA) is 57.8 Å². The molecule has 0 saturated carbocycles. The molecule has 4 nitrogen and oxygen atoms in total. The van der Waals surface area contributed by atoms with Crippen LogP contribution in [-0.4, -0.2) is 21.6 Å². The smallest absolute Gasteiger partial charge is 0.234 e. The summed E-state index contributed by atoms with van der Waals surface area (Å²) in [6.07, 6.45) is 0. The fraction of sp³-hybridized carbons (Fsp3) is 0.0667. The van der Waals surface area contributed by atoms with Gasteiger partial charge in [0.05, 0.1) is 22.5 Å². The molecule has 0 unspecified atom stereocenters. The van der Waals surface area contributed by atoms with Gasteiger partial charge in [0.1, 0.15) is 0 Å². The lowest BCUT2D eigenvalue weighted by molar-refractivity contribution is -0.113. The first-order valence-corrected chi connectivity index (χ1v) is 8.12. The van der Waals surface area contributed by atoms with Crippen LogP contribution in [0, 0.1) is 0 Å². The molecule has 0 radical (unpaired) electrons. The Morgan fingerprint density at radius 2 is 1.95 bits per heavy atom. The van der Waals surface area contributed by atoms with E-state index in [2.05, 4.69) is 31.2 Å². The molecule has 2 aromatic carbocycles. The number of aromatic amines is 1. The van der Waals surface area contributed by atoms with Gasteiger partial charge in [0.15, 0.2) is 5.16 Å². The second-order valence-corrected chi connectivity index (χ2v) is 6.19. The molecule has 3 aromatic rings. The zero-order valence-corrected chi connectivity index (χ0v) is 13.4. The molecule has 3 rings (SSSR count). The number of anilines is 1. The van der Waals surface area contributed by atoms with Gasteiger partial charge in [0, 0.05) is 4.47 Å². The number of para-hydroxylation sites is 3. The number of fused-ring (bicyclic) bond motifs is 1. The highest BCUT2D eigenvalue weighted by molar-refractivity contribution is 9.10. The van der Waals surface area contributed by atoms with Crippen molar-refractivity contribution in [3.63, 3.8) is 0 Å². The largest absolute Gasteiger partial charge is 0.333 e. The number of nitrogens with zero attached hydrogens (tertiary/aromatic N) is 1. The number of H-pyrrole nitrogens is 1. The Morgan fingerprint density at radius 3 is 2.76 bits per heavy atom. The van der Waals surface area contributed by atoms with Crippen molar-refractivity contribution in [2.45, 2.75) is 5.16 Å². The summed E-state index contributed by atoms with van der Waals surface area (Å²) in [6, 6.07) is 15.3. The van der Waals surface area contributed by atoms with Crippen molar-refractivity contribution < 1.29 is 4.79 Å². The summed E-state index contributed by atoms with van der Waals surface area (Å²) in [4.78, 5) is 19.6. The van der Waals surface area contributed by atoms with E-state index in [-0.39, 0.29) is 5.91 Å². The lowest BCUT2D eigenvalue weighted by Crippen LogP contribution is -2.14. The maximum Gasteiger partial charge on any atom is 0.234 e. The number of nitrogens with one attached hydrogen (secondary N) is 2. The summed E-state index contributed by atoms with van der Waals surface area (Å²) < 4.78 is 0.868. The van der Waals surface area contributed by atoms with E-state index in [9.17, 15) is 4.79 Å². The molecule has 2 N–H and O–H groups in total. The number of hydrogen-bond donors (Lipinski definition) is 2. The van der Waals surface area contributed by atoms with Crippen molar-refractivity contribution in [3.8, 4) is 0 Å². The molecule has 21 heavy (non-hydrogen) atoms. The first-order chi connectivity index (χ1) is 10.2. The van der Waals surface area contributed by atoms with Crippen LogP contribution < -0.4 is 5.32 Å². The minimum absolute atomic E-state index is 0.0626. The highest BCUT2D eigenvalue weighted by atomic mass is 79.9. The van der Waals surface area contributed by atoms with E-state index >= 15 is 0 Å². The standard InChI is InChI=1S/C15H12BrN3OS/c16-10-5-1-2-6-11(10)17-14(20)9-21-15-18-12-7-3-4-8-13(12)19-15/h1-8H,9H2,(H,17,20)(H,18,19). The monoisotopic (exact) mass is 361 g/mol. The Labute approximate surface area is 134 Å². The Bertz CT molecular complexity index is 754. The summed E-state index contributed by atoms with van der Waals surface area (Å²) >= 11 is 4.79. The average Bonchev–Trinajstić information content (AvgIpc) is 2.90. The van der Waals surface area contributed by atoms with Gasteiger partial charge in [0.25, 0.3) is 0 Å². The van der Waals surface area contributed by atoms with Crippen LogP contribution >= 0.6 is 27.7 Å². The molecule has 0 bridgehead atoms. The van der Waals surface area contributed by atoms with Gasteiger partial charge in [-0.25, -0.2) is 4.98 Å². The maximum atomic E-state index is 12.0. The molecular formula is C15H12BrN3OS. The van der Waals surface area contributed by atoms with E-state index < -0.39 is 0 Å². The summed E-state index contributed by atoms with van der Waals surface area (Å²) in [5, 5.41) is 3.61. The second kappa shape index (κ2) is 6.32. The first-order valence-electron chi connectivity index (χ1n) is 6.34. The molecule has 0 spiro atoms. The first kappa shape index (κ1) is 14.2. The molecule has 6 heteroatoms. The van der Waals surface area contributed by atoms with E-state index in [0.717, 1.165) is 26.3 Å². The van der Waals surface area contributed by atoms with Crippen LogP contribution in [0.25, 0.3) is 11.0 Å². The minimum Gasteiger partial charge on any atom is -0.333 e. The third kappa shape index (κ3) is 3.46. The molecule has 1 aromatic heterocycles. The van der Waals surface area contributed by atoms with Crippen molar-refractivity contribution >= 4 is 50.3 Å². The molecule has 1 heterocycles. The van der Waals surface area contributed by atoms with E-state index in [1.807, 2.05) is 48.5 Å². The summed E-state index contributed by atoms with van der Waals surface area (Å²) in [5.41, 5.74) is 2.66. The van der Waals surface area contributed by atoms with Crippen LogP contribution in [0.5, 0.6) is 0 Å². The number of carbonyl (C=O) groups is 1. The third-order valence-corrected chi connectivity index (χ3v) is 4.42. The predicted molar refractivity (Wildman–Crippen MR) is 89.6 cm³/mol. The zero-order valence-electron chi connectivity index (χ0n) is 11.0. The van der Waals surface area contributed by atoms with Crippen LogP contribution in [0.4, 0.5) is 5.69 Å². The molecule has 0 aliphatic carbocycles. The van der Waals surface area contributed by atoms with Crippen LogP contribution in [0.15, 0.2) is 58.2 Å². The summed E-state index contributed by atoms with van der Waals surface area (Å²) in [6.45, 7) is 0. The molecule has 0 atom stereocenters. The van der Waals surface area contributed by atoms with E-state index in [1.165, 1.54) is 11.8 Å². The molecule has 106 valence electrons. The van der Waals surface area contributed by atoms with Crippen molar-refractivity contribution in [2.75, 3.05) is 11.1 Å². The molecule has 0 aliphatic rings. The Hall–Kier alpha value is -1.79. The molecule has 1 amide bonds. The number of amides is 1. The van der Waals surface area contributed by atoms with E-state index in [4.69, 9.17) is 0 Å². The second-order valence-electron chi connectivity index (χ2n) is 4.38.